The van der Waals surface area contributed by atoms with Crippen LogP contribution >= 0.6 is 11.3 Å². The van der Waals surface area contributed by atoms with Gasteiger partial charge in [-0.05, 0) is 31.2 Å². The van der Waals surface area contributed by atoms with Crippen molar-refractivity contribution in [2.24, 2.45) is 0 Å². The second-order valence-corrected chi connectivity index (χ2v) is 4.85. The highest BCUT2D eigenvalue weighted by Crippen LogP contribution is 2.39. The van der Waals surface area contributed by atoms with Crippen molar-refractivity contribution in [1.82, 2.24) is 0 Å². The summed E-state index contributed by atoms with van der Waals surface area (Å²) in [4.78, 5) is 21.9. The number of ketones is 1. The summed E-state index contributed by atoms with van der Waals surface area (Å²) in [5.41, 5.74) is 0.215. The van der Waals surface area contributed by atoms with E-state index in [0.717, 1.165) is 11.3 Å². The molecule has 0 aliphatic carbocycles. The van der Waals surface area contributed by atoms with Gasteiger partial charge in [-0.1, -0.05) is 11.3 Å². The molecule has 0 aliphatic rings. The Bertz CT molecular complexity index is 713. The normalized spacial score (nSPS) is 9.80. The van der Waals surface area contributed by atoms with Crippen LogP contribution < -0.4 is 4.74 Å². The van der Waals surface area contributed by atoms with E-state index >= 15 is 0 Å². The minimum Gasteiger partial charge on any atom is -0.440 e. The number of hydrogen-bond acceptors (Lipinski definition) is 6. The average molecular weight is 288 g/mol. The highest BCUT2D eigenvalue weighted by atomic mass is 32.1. The topological polar surface area (TPSA) is 93.2 Å². The lowest BCUT2D eigenvalue weighted by atomic mass is 10.2. The van der Waals surface area contributed by atoms with Crippen molar-refractivity contribution in [1.29, 1.82) is 5.26 Å². The molecule has 2 rings (SSSR count). The predicted molar refractivity (Wildman–Crippen MR) is 72.2 cm³/mol. The molecule has 2 aromatic rings. The SMILES string of the molecule is CC(=O)c1cc([N+](=O)[O-])c(Oc2ccc(C#N)cc2)s1. The lowest BCUT2D eigenvalue weighted by molar-refractivity contribution is -0.385. The first-order valence-electron chi connectivity index (χ1n) is 5.48. The fraction of sp³-hybridized carbons (Fsp3) is 0.0769. The zero-order valence-corrected chi connectivity index (χ0v) is 11.1. The zero-order chi connectivity index (χ0) is 14.7. The van der Waals surface area contributed by atoms with Crippen LogP contribution in [0.4, 0.5) is 5.69 Å². The summed E-state index contributed by atoms with van der Waals surface area (Å²) >= 11 is 0.922. The number of carbonyl (C=O) groups is 1. The van der Waals surface area contributed by atoms with Gasteiger partial charge in [0.25, 0.3) is 5.06 Å². The van der Waals surface area contributed by atoms with Crippen LogP contribution in [-0.2, 0) is 0 Å². The molecule has 0 amide bonds. The van der Waals surface area contributed by atoms with E-state index < -0.39 is 4.92 Å². The number of Topliss-reactive ketones (excluding diaryl/α,β-unsaturated/α-hetero) is 1. The number of ether oxygens (including phenoxy) is 1. The van der Waals surface area contributed by atoms with E-state index in [4.69, 9.17) is 10.00 Å². The fourth-order valence-electron chi connectivity index (χ4n) is 1.44. The van der Waals surface area contributed by atoms with Crippen molar-refractivity contribution in [3.8, 4) is 16.9 Å². The van der Waals surface area contributed by atoms with Gasteiger partial charge in [0.2, 0.25) is 0 Å². The van der Waals surface area contributed by atoms with Crippen LogP contribution in [0, 0.1) is 21.4 Å². The predicted octanol–water partition coefficient (Wildman–Crippen LogP) is 3.52. The Labute approximate surface area is 118 Å². The number of benzene rings is 1. The first kappa shape index (κ1) is 13.7. The van der Waals surface area contributed by atoms with Crippen LogP contribution in [0.1, 0.15) is 22.2 Å². The average Bonchev–Trinajstić information content (AvgIpc) is 2.84. The van der Waals surface area contributed by atoms with Gasteiger partial charge < -0.3 is 4.74 Å². The zero-order valence-electron chi connectivity index (χ0n) is 10.3. The maximum atomic E-state index is 11.3. The van der Waals surface area contributed by atoms with Gasteiger partial charge in [-0.3, -0.25) is 14.9 Å². The quantitative estimate of drug-likeness (QED) is 0.487. The Morgan fingerprint density at radius 1 is 1.40 bits per heavy atom. The third-order valence-corrected chi connectivity index (χ3v) is 3.52. The molecule has 0 atom stereocenters. The summed E-state index contributed by atoms with van der Waals surface area (Å²) in [6.07, 6.45) is 0. The number of thiophene rings is 1. The van der Waals surface area contributed by atoms with Gasteiger partial charge in [0.05, 0.1) is 21.4 Å². The maximum Gasteiger partial charge on any atom is 0.323 e. The first-order chi connectivity index (χ1) is 9.51. The number of nitriles is 1. The maximum absolute atomic E-state index is 11.3. The van der Waals surface area contributed by atoms with E-state index in [2.05, 4.69) is 0 Å². The molecule has 0 saturated heterocycles. The highest BCUT2D eigenvalue weighted by molar-refractivity contribution is 7.16. The molecular weight excluding hydrogens is 280 g/mol. The Hall–Kier alpha value is -2.72. The van der Waals surface area contributed by atoms with Crippen LogP contribution in [-0.4, -0.2) is 10.7 Å². The fourth-order valence-corrected chi connectivity index (χ4v) is 2.33. The van der Waals surface area contributed by atoms with E-state index in [9.17, 15) is 14.9 Å². The number of rotatable bonds is 4. The summed E-state index contributed by atoms with van der Waals surface area (Å²) in [5, 5.41) is 19.7. The molecule has 0 unspecified atom stereocenters. The molecule has 0 spiro atoms. The van der Waals surface area contributed by atoms with Crippen molar-refractivity contribution >= 4 is 22.8 Å². The monoisotopic (exact) mass is 288 g/mol. The van der Waals surface area contributed by atoms with Gasteiger partial charge in [-0.25, -0.2) is 0 Å². The largest absolute Gasteiger partial charge is 0.440 e. The molecule has 0 saturated carbocycles. The number of nitrogens with zero attached hydrogens (tertiary/aromatic N) is 2. The van der Waals surface area contributed by atoms with Gasteiger partial charge in [0.1, 0.15) is 5.75 Å². The highest BCUT2D eigenvalue weighted by Gasteiger charge is 2.22. The van der Waals surface area contributed by atoms with Gasteiger partial charge in [-0.2, -0.15) is 5.26 Å². The number of hydrogen-bond donors (Lipinski definition) is 0. The van der Waals surface area contributed by atoms with Crippen molar-refractivity contribution in [3.63, 3.8) is 0 Å². The van der Waals surface area contributed by atoms with Crippen LogP contribution in [0.5, 0.6) is 10.8 Å². The minimum absolute atomic E-state index is 0.0462. The molecule has 20 heavy (non-hydrogen) atoms. The van der Waals surface area contributed by atoms with E-state index in [1.807, 2.05) is 6.07 Å². The lowest BCUT2D eigenvalue weighted by Crippen LogP contribution is -1.89. The first-order valence-corrected chi connectivity index (χ1v) is 6.30. The standard InChI is InChI=1S/C13H8N2O4S/c1-8(16)12-6-11(15(17)18)13(20-12)19-10-4-2-9(7-14)3-5-10/h2-6H,1H3. The molecule has 0 fully saturated rings. The van der Waals surface area contributed by atoms with Crippen LogP contribution in [0.2, 0.25) is 0 Å². The second kappa shape index (κ2) is 5.50. The molecule has 7 heteroatoms. The Balaban J connectivity index is 2.34. The smallest absolute Gasteiger partial charge is 0.323 e. The summed E-state index contributed by atoms with van der Waals surface area (Å²) in [5.74, 6) is 0.108. The van der Waals surface area contributed by atoms with Gasteiger partial charge in [-0.15, -0.1) is 0 Å². The second-order valence-electron chi connectivity index (χ2n) is 3.83. The Morgan fingerprint density at radius 2 is 2.05 bits per heavy atom. The molecule has 0 radical (unpaired) electrons. The van der Waals surface area contributed by atoms with Crippen LogP contribution in [0.3, 0.4) is 0 Å². The summed E-state index contributed by atoms with van der Waals surface area (Å²) in [6.45, 7) is 1.33. The van der Waals surface area contributed by atoms with Crippen LogP contribution in [0.15, 0.2) is 30.3 Å². The van der Waals surface area contributed by atoms with Crippen LogP contribution in [0.25, 0.3) is 0 Å². The third kappa shape index (κ3) is 2.81. The molecule has 1 aromatic carbocycles. The van der Waals surface area contributed by atoms with E-state index in [0.29, 0.717) is 11.3 Å². The van der Waals surface area contributed by atoms with E-state index in [1.165, 1.54) is 25.1 Å². The van der Waals surface area contributed by atoms with Crippen molar-refractivity contribution in [3.05, 3.63) is 50.9 Å². The Kier molecular flexibility index (Phi) is 3.77. The Morgan fingerprint density at radius 3 is 2.55 bits per heavy atom. The van der Waals surface area contributed by atoms with Gasteiger partial charge in [0, 0.05) is 6.07 Å². The molecule has 1 heterocycles. The number of carbonyl (C=O) groups excluding carboxylic acids is 1. The van der Waals surface area contributed by atoms with Gasteiger partial charge >= 0.3 is 5.69 Å². The molecule has 0 N–H and O–H groups in total. The summed E-state index contributed by atoms with van der Waals surface area (Å²) < 4.78 is 5.42. The molecule has 6 nitrogen and oxygen atoms in total. The minimum atomic E-state index is -0.595. The molecular formula is C13H8N2O4S. The molecule has 0 aliphatic heterocycles. The molecule has 1 aromatic heterocycles. The summed E-state index contributed by atoms with van der Waals surface area (Å²) in [6, 6.07) is 9.32. The molecule has 100 valence electrons. The summed E-state index contributed by atoms with van der Waals surface area (Å²) in [7, 11) is 0. The van der Waals surface area contributed by atoms with Crippen molar-refractivity contribution < 1.29 is 14.5 Å². The van der Waals surface area contributed by atoms with Gasteiger partial charge in [0.15, 0.2) is 5.78 Å². The third-order valence-electron chi connectivity index (χ3n) is 2.42. The number of nitro groups is 1. The van der Waals surface area contributed by atoms with E-state index in [-0.39, 0.29) is 21.4 Å². The van der Waals surface area contributed by atoms with Crippen molar-refractivity contribution in [2.45, 2.75) is 6.92 Å². The molecule has 0 bridgehead atoms. The van der Waals surface area contributed by atoms with E-state index in [1.54, 1.807) is 12.1 Å². The lowest BCUT2D eigenvalue weighted by Gasteiger charge is -2.02. The van der Waals surface area contributed by atoms with Crippen molar-refractivity contribution in [2.75, 3.05) is 0 Å².